The highest BCUT2D eigenvalue weighted by Gasteiger charge is 2.04. The van der Waals surface area contributed by atoms with Gasteiger partial charge in [0.1, 0.15) is 12.7 Å². The molecule has 1 heterocycles. The maximum absolute atomic E-state index is 9.04. The largest absolute Gasteiger partial charge is 0.278 e. The zero-order valence-corrected chi connectivity index (χ0v) is 8.69. The molecule has 2 rings (SSSR count). The topological polar surface area (TPSA) is 57.7 Å². The van der Waals surface area contributed by atoms with Crippen LogP contribution in [0.25, 0.3) is 0 Å². The fraction of sp³-hybridized carbons (Fsp3) is 0.182. The van der Waals surface area contributed by atoms with Gasteiger partial charge in [-0.15, -0.1) is 0 Å². The highest BCUT2D eigenvalue weighted by molar-refractivity contribution is 5.49. The van der Waals surface area contributed by atoms with Gasteiger partial charge in [0.2, 0.25) is 0 Å². The molecule has 0 spiro atoms. The van der Waals surface area contributed by atoms with Crippen molar-refractivity contribution < 1.29 is 0 Å². The van der Waals surface area contributed by atoms with Crippen molar-refractivity contribution in [2.45, 2.75) is 6.54 Å². The first-order chi connectivity index (χ1) is 7.90. The summed E-state index contributed by atoms with van der Waals surface area (Å²) in [5.41, 5.74) is 0.894. The van der Waals surface area contributed by atoms with Gasteiger partial charge in [-0.25, -0.2) is 4.98 Å². The maximum atomic E-state index is 9.04. The Morgan fingerprint density at radius 3 is 2.75 bits per heavy atom. The summed E-state index contributed by atoms with van der Waals surface area (Å²) in [7, 11) is 0. The van der Waals surface area contributed by atoms with Crippen LogP contribution in [0.5, 0.6) is 0 Å². The quantitative estimate of drug-likeness (QED) is 0.566. The second-order valence-electron chi connectivity index (χ2n) is 3.25. The summed E-state index contributed by atoms with van der Waals surface area (Å²) < 4.78 is 1.70. The van der Waals surface area contributed by atoms with E-state index < -0.39 is 0 Å². The van der Waals surface area contributed by atoms with Gasteiger partial charge >= 0.3 is 0 Å². The molecule has 5 nitrogen and oxygen atoms in total. The number of nitrogens with zero attached hydrogens (tertiary/aromatic N) is 5. The number of hydrogen-bond donors (Lipinski definition) is 0. The van der Waals surface area contributed by atoms with Crippen molar-refractivity contribution in [3.05, 3.63) is 43.0 Å². The van der Waals surface area contributed by atoms with E-state index in [2.05, 4.69) is 16.3 Å². The minimum Gasteiger partial charge on any atom is -0.278 e. The van der Waals surface area contributed by atoms with E-state index >= 15 is 0 Å². The van der Waals surface area contributed by atoms with Crippen LogP contribution in [0.15, 0.2) is 43.0 Å². The average molecular weight is 213 g/mol. The van der Waals surface area contributed by atoms with Crippen molar-refractivity contribution in [1.82, 2.24) is 14.8 Å². The molecule has 0 fully saturated rings. The Kier molecular flexibility index (Phi) is 3.14. The Morgan fingerprint density at radius 1 is 1.31 bits per heavy atom. The Hall–Kier alpha value is -2.35. The molecular formula is C11H11N5. The van der Waals surface area contributed by atoms with Crippen LogP contribution in [-0.2, 0) is 6.54 Å². The highest BCUT2D eigenvalue weighted by Crippen LogP contribution is 2.11. The third-order valence-corrected chi connectivity index (χ3v) is 2.21. The second-order valence-corrected chi connectivity index (χ2v) is 3.25. The third-order valence-electron chi connectivity index (χ3n) is 2.21. The molecule has 0 saturated heterocycles. The summed E-state index contributed by atoms with van der Waals surface area (Å²) in [5.74, 6) is 0. The zero-order chi connectivity index (χ0) is 11.2. The van der Waals surface area contributed by atoms with E-state index in [1.165, 1.54) is 6.33 Å². The molecule has 0 radical (unpaired) electrons. The lowest BCUT2D eigenvalue weighted by molar-refractivity contribution is 0.617. The molecule has 16 heavy (non-hydrogen) atoms. The predicted octanol–water partition coefficient (Wildman–Crippen LogP) is 1.27. The van der Waals surface area contributed by atoms with Crippen LogP contribution in [0.1, 0.15) is 0 Å². The Balaban J connectivity index is 2.00. The van der Waals surface area contributed by atoms with Crippen molar-refractivity contribution in [3.63, 3.8) is 0 Å². The molecule has 0 aliphatic carbocycles. The van der Waals surface area contributed by atoms with Gasteiger partial charge in [0.25, 0.3) is 0 Å². The molecule has 0 bridgehead atoms. The van der Waals surface area contributed by atoms with Crippen LogP contribution >= 0.6 is 0 Å². The third kappa shape index (κ3) is 2.36. The molecule has 0 N–H and O–H groups in total. The lowest BCUT2D eigenvalue weighted by Crippen LogP contribution is -2.22. The maximum Gasteiger partial charge on any atom is 0.184 e. The molecule has 80 valence electrons. The summed E-state index contributed by atoms with van der Waals surface area (Å²) in [6.07, 6.45) is 5.28. The van der Waals surface area contributed by atoms with E-state index in [1.54, 1.807) is 15.9 Å². The number of rotatable bonds is 4. The van der Waals surface area contributed by atoms with E-state index in [4.69, 9.17) is 5.26 Å². The molecule has 0 amide bonds. The molecule has 1 aromatic carbocycles. The fourth-order valence-corrected chi connectivity index (χ4v) is 1.40. The number of benzene rings is 1. The molecule has 0 saturated carbocycles. The van der Waals surface area contributed by atoms with E-state index in [-0.39, 0.29) is 0 Å². The second kappa shape index (κ2) is 4.94. The van der Waals surface area contributed by atoms with Gasteiger partial charge < -0.3 is 0 Å². The van der Waals surface area contributed by atoms with Gasteiger partial charge in [0.05, 0.1) is 18.8 Å². The number of aromatic nitrogens is 3. The van der Waals surface area contributed by atoms with Crippen LogP contribution in [0.4, 0.5) is 5.69 Å². The smallest absolute Gasteiger partial charge is 0.184 e. The lowest BCUT2D eigenvalue weighted by Gasteiger charge is -2.14. The van der Waals surface area contributed by atoms with Gasteiger partial charge in [-0.1, -0.05) is 18.2 Å². The van der Waals surface area contributed by atoms with Crippen LogP contribution in [0.2, 0.25) is 0 Å². The summed E-state index contributed by atoms with van der Waals surface area (Å²) >= 11 is 0. The molecule has 0 atom stereocenters. The standard InChI is InChI=1S/C11H11N5/c12-8-15(11-4-2-1-3-5-11)6-7-16-10-13-9-14-16/h1-5,9-10H,6-7H2. The number of nitriles is 1. The van der Waals surface area contributed by atoms with Gasteiger partial charge in [0, 0.05) is 0 Å². The van der Waals surface area contributed by atoms with Gasteiger partial charge in [-0.2, -0.15) is 10.4 Å². The first-order valence-electron chi connectivity index (χ1n) is 4.95. The Bertz CT molecular complexity index is 457. The summed E-state index contributed by atoms with van der Waals surface area (Å²) in [6, 6.07) is 9.57. The van der Waals surface area contributed by atoms with E-state index in [1.807, 2.05) is 30.3 Å². The molecule has 0 aliphatic rings. The van der Waals surface area contributed by atoms with Crippen molar-refractivity contribution in [3.8, 4) is 6.19 Å². The summed E-state index contributed by atoms with van der Waals surface area (Å²) in [6.45, 7) is 1.23. The van der Waals surface area contributed by atoms with Crippen LogP contribution in [0.3, 0.4) is 0 Å². The van der Waals surface area contributed by atoms with Crippen molar-refractivity contribution in [2.75, 3.05) is 11.4 Å². The van der Waals surface area contributed by atoms with Crippen molar-refractivity contribution in [1.29, 1.82) is 5.26 Å². The van der Waals surface area contributed by atoms with Crippen molar-refractivity contribution >= 4 is 5.69 Å². The van der Waals surface area contributed by atoms with Crippen molar-refractivity contribution in [2.24, 2.45) is 0 Å². The fourth-order valence-electron chi connectivity index (χ4n) is 1.40. The van der Waals surface area contributed by atoms with Crippen LogP contribution < -0.4 is 4.90 Å². The van der Waals surface area contributed by atoms with E-state index in [0.717, 1.165) is 5.69 Å². The Labute approximate surface area is 93.6 Å². The summed E-state index contributed by atoms with van der Waals surface area (Å²) in [5, 5.41) is 13.0. The van der Waals surface area contributed by atoms with Crippen LogP contribution in [0, 0.1) is 11.5 Å². The molecule has 1 aromatic heterocycles. The minimum absolute atomic E-state index is 0.587. The molecular weight excluding hydrogens is 202 g/mol. The predicted molar refractivity (Wildman–Crippen MR) is 59.4 cm³/mol. The van der Waals surface area contributed by atoms with Gasteiger partial charge in [-0.3, -0.25) is 9.58 Å². The molecule has 2 aromatic rings. The van der Waals surface area contributed by atoms with Gasteiger partial charge in [0.15, 0.2) is 6.19 Å². The number of para-hydroxylation sites is 1. The van der Waals surface area contributed by atoms with E-state index in [0.29, 0.717) is 13.1 Å². The number of hydrogen-bond acceptors (Lipinski definition) is 4. The lowest BCUT2D eigenvalue weighted by atomic mass is 10.3. The van der Waals surface area contributed by atoms with Crippen LogP contribution in [-0.4, -0.2) is 21.3 Å². The van der Waals surface area contributed by atoms with Gasteiger partial charge in [-0.05, 0) is 12.1 Å². The molecule has 0 aliphatic heterocycles. The first kappa shape index (κ1) is 10.2. The first-order valence-corrected chi connectivity index (χ1v) is 4.95. The highest BCUT2D eigenvalue weighted by atomic mass is 15.3. The SMILES string of the molecule is N#CN(CCn1cncn1)c1ccccc1. The monoisotopic (exact) mass is 213 g/mol. The van der Waals surface area contributed by atoms with E-state index in [9.17, 15) is 0 Å². The zero-order valence-electron chi connectivity index (χ0n) is 8.69. The summed E-state index contributed by atoms with van der Waals surface area (Å²) in [4.78, 5) is 5.48. The Morgan fingerprint density at radius 2 is 2.12 bits per heavy atom. The molecule has 0 unspecified atom stereocenters. The number of anilines is 1. The average Bonchev–Trinajstić information content (AvgIpc) is 2.84. The minimum atomic E-state index is 0.587. The normalized spacial score (nSPS) is 9.69. The molecule has 5 heteroatoms.